The van der Waals surface area contributed by atoms with E-state index in [1.807, 2.05) is 12.1 Å². The van der Waals surface area contributed by atoms with E-state index >= 15 is 0 Å². The van der Waals surface area contributed by atoms with Crippen LogP contribution in [0.25, 0.3) is 0 Å². The molecule has 0 amide bonds. The number of hydrogen-bond acceptors (Lipinski definition) is 4. The third kappa shape index (κ3) is 5.76. The van der Waals surface area contributed by atoms with Crippen LogP contribution in [0.4, 0.5) is 0 Å². The van der Waals surface area contributed by atoms with Crippen molar-refractivity contribution in [3.05, 3.63) is 47.5 Å². The molecule has 1 unspecified atom stereocenters. The van der Waals surface area contributed by atoms with Gasteiger partial charge >= 0.3 is 5.97 Å². The highest BCUT2D eigenvalue weighted by Crippen LogP contribution is 2.54. The van der Waals surface area contributed by atoms with Crippen molar-refractivity contribution in [2.45, 2.75) is 94.6 Å². The van der Waals surface area contributed by atoms with E-state index in [-0.39, 0.29) is 28.6 Å². The number of carbonyl (C=O) groups is 1. The fourth-order valence-corrected chi connectivity index (χ4v) is 6.18. The summed E-state index contributed by atoms with van der Waals surface area (Å²) in [6.07, 6.45) is 12.2. The molecule has 0 bridgehead atoms. The molecular formula is C27H39ClO4. The summed E-state index contributed by atoms with van der Waals surface area (Å²) < 4.78 is 4.67. The lowest BCUT2D eigenvalue weighted by molar-refractivity contribution is -0.140. The zero-order valence-corrected chi connectivity index (χ0v) is 20.3. The summed E-state index contributed by atoms with van der Waals surface area (Å²) in [6.45, 7) is 2.19. The van der Waals surface area contributed by atoms with Gasteiger partial charge in [-0.3, -0.25) is 4.79 Å². The highest BCUT2D eigenvalue weighted by atomic mass is 35.5. The van der Waals surface area contributed by atoms with Crippen molar-refractivity contribution in [2.75, 3.05) is 7.11 Å². The van der Waals surface area contributed by atoms with Crippen molar-refractivity contribution in [1.82, 2.24) is 0 Å². The largest absolute Gasteiger partial charge is 0.469 e. The molecule has 2 aliphatic carbocycles. The predicted octanol–water partition coefficient (Wildman–Crippen LogP) is 6.05. The van der Waals surface area contributed by atoms with Crippen LogP contribution < -0.4 is 0 Å². The molecule has 32 heavy (non-hydrogen) atoms. The third-order valence-corrected chi connectivity index (χ3v) is 8.15. The summed E-state index contributed by atoms with van der Waals surface area (Å²) in [5.74, 6) is -0.0694. The van der Waals surface area contributed by atoms with Gasteiger partial charge in [-0.25, -0.2) is 0 Å². The van der Waals surface area contributed by atoms with E-state index < -0.39 is 12.2 Å². The molecule has 0 aliphatic heterocycles. The summed E-state index contributed by atoms with van der Waals surface area (Å²) in [4.78, 5) is 11.2. The predicted molar refractivity (Wildman–Crippen MR) is 129 cm³/mol. The normalized spacial score (nSPS) is 27.9. The van der Waals surface area contributed by atoms with Crippen molar-refractivity contribution in [3.8, 4) is 0 Å². The number of allylic oxidation sites excluding steroid dienone is 2. The molecule has 2 N–H and O–H groups in total. The standard InChI is InChI=1S/C27H39ClO4/c1-3-14-27(15-9-16-27)26(31)20-11-8-10-19(17-20)25-21(22(28)18-23(25)29)12-6-4-5-7-13-24(30)32-2/h4,6,8,10-11,17,21-23,25-26,29,31H,3,5,7,9,12-16,18H2,1-2H3/b6-4-/t21-,22+,23+,25+,26?/m0/s1. The zero-order chi connectivity index (χ0) is 23.1. The minimum absolute atomic E-state index is 0.0169. The maximum absolute atomic E-state index is 11.2. The van der Waals surface area contributed by atoms with Crippen LogP contribution in [0, 0.1) is 11.3 Å². The Hall–Kier alpha value is -1.36. The molecule has 2 saturated carbocycles. The molecule has 1 aromatic carbocycles. The second-order valence-corrected chi connectivity index (χ2v) is 10.3. The molecule has 1 aromatic rings. The summed E-state index contributed by atoms with van der Waals surface area (Å²) in [5, 5.41) is 22.0. The van der Waals surface area contributed by atoms with Crippen LogP contribution in [0.15, 0.2) is 36.4 Å². The molecule has 0 radical (unpaired) electrons. The Morgan fingerprint density at radius 3 is 2.78 bits per heavy atom. The molecule has 5 heteroatoms. The van der Waals surface area contributed by atoms with E-state index in [1.54, 1.807) is 0 Å². The molecule has 178 valence electrons. The lowest BCUT2D eigenvalue weighted by Gasteiger charge is -2.46. The molecule has 0 saturated heterocycles. The maximum atomic E-state index is 11.2. The fourth-order valence-electron chi connectivity index (χ4n) is 5.74. The molecule has 3 rings (SSSR count). The minimum atomic E-state index is -0.476. The number of hydrogen-bond donors (Lipinski definition) is 2. The summed E-state index contributed by atoms with van der Waals surface area (Å²) in [5.41, 5.74) is 2.06. The molecule has 2 aliphatic rings. The molecule has 4 nitrogen and oxygen atoms in total. The van der Waals surface area contributed by atoms with Crippen LogP contribution in [-0.4, -0.2) is 34.8 Å². The number of aliphatic hydroxyl groups is 2. The van der Waals surface area contributed by atoms with Crippen molar-refractivity contribution in [3.63, 3.8) is 0 Å². The van der Waals surface area contributed by atoms with E-state index in [1.165, 1.54) is 13.5 Å². The summed E-state index contributed by atoms with van der Waals surface area (Å²) in [6, 6.07) is 8.22. The van der Waals surface area contributed by atoms with Gasteiger partial charge in [0, 0.05) is 23.1 Å². The van der Waals surface area contributed by atoms with E-state index in [0.29, 0.717) is 12.8 Å². The Labute approximate surface area is 198 Å². The highest BCUT2D eigenvalue weighted by molar-refractivity contribution is 6.21. The lowest BCUT2D eigenvalue weighted by Crippen LogP contribution is -2.36. The zero-order valence-electron chi connectivity index (χ0n) is 19.5. The van der Waals surface area contributed by atoms with Crippen LogP contribution in [-0.2, 0) is 9.53 Å². The number of methoxy groups -OCH3 is 1. The Kier molecular flexibility index (Phi) is 9.22. The molecule has 0 spiro atoms. The van der Waals surface area contributed by atoms with Crippen LogP contribution in [0.1, 0.15) is 94.3 Å². The molecule has 0 heterocycles. The van der Waals surface area contributed by atoms with Crippen LogP contribution in [0.3, 0.4) is 0 Å². The average Bonchev–Trinajstić information content (AvgIpc) is 3.05. The second kappa shape index (κ2) is 11.7. The van der Waals surface area contributed by atoms with Crippen molar-refractivity contribution in [1.29, 1.82) is 0 Å². The minimum Gasteiger partial charge on any atom is -0.469 e. The first-order valence-corrected chi connectivity index (χ1v) is 12.7. The van der Waals surface area contributed by atoms with Gasteiger partial charge in [0.1, 0.15) is 0 Å². The molecule has 2 fully saturated rings. The maximum Gasteiger partial charge on any atom is 0.305 e. The van der Waals surface area contributed by atoms with Crippen molar-refractivity contribution >= 4 is 17.6 Å². The van der Waals surface area contributed by atoms with E-state index in [9.17, 15) is 15.0 Å². The van der Waals surface area contributed by atoms with Gasteiger partial charge in [-0.05, 0) is 62.0 Å². The number of esters is 1. The number of aliphatic hydroxyl groups excluding tert-OH is 2. The number of rotatable bonds is 11. The smallest absolute Gasteiger partial charge is 0.305 e. The van der Waals surface area contributed by atoms with Gasteiger partial charge in [0.25, 0.3) is 0 Å². The third-order valence-electron chi connectivity index (χ3n) is 7.65. The molecular weight excluding hydrogens is 424 g/mol. The van der Waals surface area contributed by atoms with Gasteiger partial charge in [0.05, 0.1) is 19.3 Å². The first-order valence-electron chi connectivity index (χ1n) is 12.2. The number of carbonyl (C=O) groups excluding carboxylic acids is 1. The van der Waals surface area contributed by atoms with E-state index in [0.717, 1.165) is 56.1 Å². The van der Waals surface area contributed by atoms with Gasteiger partial charge < -0.3 is 14.9 Å². The van der Waals surface area contributed by atoms with E-state index in [2.05, 4.69) is 35.9 Å². The van der Waals surface area contributed by atoms with Gasteiger partial charge in [-0.15, -0.1) is 11.6 Å². The van der Waals surface area contributed by atoms with E-state index in [4.69, 9.17) is 11.6 Å². The first-order chi connectivity index (χ1) is 15.4. The Morgan fingerprint density at radius 2 is 2.12 bits per heavy atom. The summed E-state index contributed by atoms with van der Waals surface area (Å²) in [7, 11) is 1.41. The quantitative estimate of drug-likeness (QED) is 0.182. The van der Waals surface area contributed by atoms with Gasteiger partial charge in [0.15, 0.2) is 0 Å². The number of alkyl halides is 1. The Bertz CT molecular complexity index is 773. The van der Waals surface area contributed by atoms with Gasteiger partial charge in [-0.1, -0.05) is 56.2 Å². The monoisotopic (exact) mass is 462 g/mol. The topological polar surface area (TPSA) is 66.8 Å². The number of unbranched alkanes of at least 4 members (excludes halogenated alkanes) is 1. The van der Waals surface area contributed by atoms with Crippen molar-refractivity contribution < 1.29 is 19.7 Å². The van der Waals surface area contributed by atoms with Crippen LogP contribution in [0.2, 0.25) is 0 Å². The van der Waals surface area contributed by atoms with Crippen LogP contribution >= 0.6 is 11.6 Å². The molecule has 0 aromatic heterocycles. The lowest BCUT2D eigenvalue weighted by atomic mass is 9.61. The van der Waals surface area contributed by atoms with Gasteiger partial charge in [0.2, 0.25) is 0 Å². The Balaban J connectivity index is 1.68. The fraction of sp³-hybridized carbons (Fsp3) is 0.667. The average molecular weight is 463 g/mol. The van der Waals surface area contributed by atoms with Crippen LogP contribution in [0.5, 0.6) is 0 Å². The molecule has 5 atom stereocenters. The van der Waals surface area contributed by atoms with Crippen molar-refractivity contribution in [2.24, 2.45) is 11.3 Å². The Morgan fingerprint density at radius 1 is 1.34 bits per heavy atom. The number of ether oxygens (including phenoxy) is 1. The summed E-state index contributed by atoms with van der Waals surface area (Å²) >= 11 is 6.66. The highest BCUT2D eigenvalue weighted by Gasteiger charge is 2.44. The number of benzene rings is 1. The first kappa shape index (κ1) is 25.3. The number of halogens is 1. The second-order valence-electron chi connectivity index (χ2n) is 9.72. The SMILES string of the molecule is CCCC1(C(O)c2cccc([C@@H]3[C@@H](C/C=C\CCCC(=O)OC)[C@H](Cl)C[C@H]3O)c2)CCC1. The van der Waals surface area contributed by atoms with Gasteiger partial charge in [-0.2, -0.15) is 0 Å².